The van der Waals surface area contributed by atoms with Crippen LogP contribution in [0.25, 0.3) is 0 Å². The van der Waals surface area contributed by atoms with Crippen LogP contribution in [0.1, 0.15) is 56.2 Å². The Hall–Kier alpha value is -0.820. The predicted octanol–water partition coefficient (Wildman–Crippen LogP) is 4.21. The van der Waals surface area contributed by atoms with E-state index in [4.69, 9.17) is 5.73 Å². The number of hydrogen-bond donors (Lipinski definition) is 1. The van der Waals surface area contributed by atoms with Crippen LogP contribution in [-0.4, -0.2) is 0 Å². The summed E-state index contributed by atoms with van der Waals surface area (Å²) in [6.07, 6.45) is 6.72. The van der Waals surface area contributed by atoms with Crippen molar-refractivity contribution in [3.8, 4) is 0 Å². The molecule has 17 heavy (non-hydrogen) atoms. The summed E-state index contributed by atoms with van der Waals surface area (Å²) < 4.78 is 0. The highest BCUT2D eigenvalue weighted by Gasteiger charge is 2.25. The molecule has 1 aromatic rings. The molecule has 0 bridgehead atoms. The van der Waals surface area contributed by atoms with Crippen LogP contribution in [0.4, 0.5) is 0 Å². The van der Waals surface area contributed by atoms with Gasteiger partial charge in [-0.2, -0.15) is 0 Å². The van der Waals surface area contributed by atoms with Crippen LogP contribution in [0.5, 0.6) is 0 Å². The fraction of sp³-hybridized carbons (Fsp3) is 0.625. The molecular weight excluding hydrogens is 206 g/mol. The third kappa shape index (κ3) is 3.10. The summed E-state index contributed by atoms with van der Waals surface area (Å²) >= 11 is 0. The molecule has 1 saturated carbocycles. The highest BCUT2D eigenvalue weighted by molar-refractivity contribution is 5.24. The summed E-state index contributed by atoms with van der Waals surface area (Å²) in [6.45, 7) is 4.44. The number of rotatable bonds is 3. The molecule has 1 aliphatic rings. The van der Waals surface area contributed by atoms with Gasteiger partial charge in [0, 0.05) is 6.04 Å². The number of aryl methyl sites for hydroxylation is 1. The van der Waals surface area contributed by atoms with Crippen molar-refractivity contribution in [2.75, 3.05) is 0 Å². The number of nitrogens with two attached hydrogens (primary N) is 1. The Bertz CT molecular complexity index is 333. The van der Waals surface area contributed by atoms with Crippen molar-refractivity contribution in [1.29, 1.82) is 0 Å². The molecule has 1 unspecified atom stereocenters. The first-order chi connectivity index (χ1) is 8.20. The molecule has 1 atom stereocenters. The molecule has 2 rings (SSSR count). The lowest BCUT2D eigenvalue weighted by molar-refractivity contribution is 0.240. The molecule has 0 heterocycles. The summed E-state index contributed by atoms with van der Waals surface area (Å²) in [6, 6.07) is 8.99. The maximum atomic E-state index is 6.41. The largest absolute Gasteiger partial charge is 0.324 e. The highest BCUT2D eigenvalue weighted by Crippen LogP contribution is 2.36. The van der Waals surface area contributed by atoms with E-state index in [1.807, 2.05) is 0 Å². The van der Waals surface area contributed by atoms with E-state index in [1.54, 1.807) is 0 Å². The van der Waals surface area contributed by atoms with Crippen LogP contribution < -0.4 is 5.73 Å². The van der Waals surface area contributed by atoms with E-state index in [1.165, 1.54) is 43.2 Å². The van der Waals surface area contributed by atoms with Gasteiger partial charge in [0.25, 0.3) is 0 Å². The molecule has 0 radical (unpaired) electrons. The third-order valence-corrected chi connectivity index (χ3v) is 4.44. The Balaban J connectivity index is 1.96. The van der Waals surface area contributed by atoms with Gasteiger partial charge in [-0.1, -0.05) is 56.0 Å². The molecule has 0 aliphatic heterocycles. The molecule has 2 N–H and O–H groups in total. The Labute approximate surface area is 105 Å². The zero-order valence-electron chi connectivity index (χ0n) is 11.2. The number of hydrogen-bond acceptors (Lipinski definition) is 1. The van der Waals surface area contributed by atoms with Crippen molar-refractivity contribution < 1.29 is 0 Å². The van der Waals surface area contributed by atoms with E-state index in [9.17, 15) is 0 Å². The van der Waals surface area contributed by atoms with Gasteiger partial charge in [-0.05, 0) is 37.2 Å². The third-order valence-electron chi connectivity index (χ3n) is 4.44. The molecule has 1 aromatic carbocycles. The molecular formula is C16H25N. The minimum Gasteiger partial charge on any atom is -0.324 e. The lowest BCUT2D eigenvalue weighted by Gasteiger charge is -2.32. The summed E-state index contributed by atoms with van der Waals surface area (Å²) in [4.78, 5) is 0. The Morgan fingerprint density at radius 1 is 1.12 bits per heavy atom. The maximum absolute atomic E-state index is 6.41. The Morgan fingerprint density at radius 2 is 1.71 bits per heavy atom. The Morgan fingerprint density at radius 3 is 2.24 bits per heavy atom. The van der Waals surface area contributed by atoms with Gasteiger partial charge in [0.2, 0.25) is 0 Å². The monoisotopic (exact) mass is 231 g/mol. The van der Waals surface area contributed by atoms with Gasteiger partial charge in [0.1, 0.15) is 0 Å². The molecule has 0 aromatic heterocycles. The van der Waals surface area contributed by atoms with E-state index in [2.05, 4.69) is 38.1 Å². The summed E-state index contributed by atoms with van der Waals surface area (Å²) in [7, 11) is 0. The molecule has 94 valence electrons. The zero-order valence-corrected chi connectivity index (χ0v) is 11.2. The summed E-state index contributed by atoms with van der Waals surface area (Å²) in [5.41, 5.74) is 9.04. The second-order valence-electron chi connectivity index (χ2n) is 5.63. The standard InChI is InChI=1S/C16H25N/c1-3-13-6-10-15(11-7-13)16(17)14-8-4-12(2)5-9-14/h4-5,8-9,13,15-16H,3,6-7,10-11,17H2,1-2H3. The van der Waals surface area contributed by atoms with Gasteiger partial charge in [-0.25, -0.2) is 0 Å². The van der Waals surface area contributed by atoms with Gasteiger partial charge in [-0.3, -0.25) is 0 Å². The molecule has 1 aliphatic carbocycles. The minimum atomic E-state index is 0.244. The summed E-state index contributed by atoms with van der Waals surface area (Å²) in [5.74, 6) is 1.65. The van der Waals surface area contributed by atoms with Gasteiger partial charge in [0.15, 0.2) is 0 Å². The topological polar surface area (TPSA) is 26.0 Å². The Kier molecular flexibility index (Phi) is 4.22. The van der Waals surface area contributed by atoms with Gasteiger partial charge in [0.05, 0.1) is 0 Å². The average molecular weight is 231 g/mol. The van der Waals surface area contributed by atoms with Crippen molar-refractivity contribution in [3.05, 3.63) is 35.4 Å². The minimum absolute atomic E-state index is 0.244. The second kappa shape index (κ2) is 5.68. The van der Waals surface area contributed by atoms with Gasteiger partial charge < -0.3 is 5.73 Å². The lowest BCUT2D eigenvalue weighted by Crippen LogP contribution is -2.25. The van der Waals surface area contributed by atoms with Crippen molar-refractivity contribution in [2.24, 2.45) is 17.6 Å². The average Bonchev–Trinajstić information content (AvgIpc) is 2.39. The van der Waals surface area contributed by atoms with Crippen molar-refractivity contribution >= 4 is 0 Å². The van der Waals surface area contributed by atoms with Gasteiger partial charge in [-0.15, -0.1) is 0 Å². The molecule has 1 nitrogen and oxygen atoms in total. The molecule has 0 spiro atoms. The van der Waals surface area contributed by atoms with E-state index >= 15 is 0 Å². The van der Waals surface area contributed by atoms with E-state index in [0.29, 0.717) is 5.92 Å². The smallest absolute Gasteiger partial charge is 0.0323 e. The fourth-order valence-corrected chi connectivity index (χ4v) is 3.02. The SMILES string of the molecule is CCC1CCC(C(N)c2ccc(C)cc2)CC1. The normalized spacial score (nSPS) is 26.8. The lowest BCUT2D eigenvalue weighted by atomic mass is 9.76. The highest BCUT2D eigenvalue weighted by atomic mass is 14.7. The van der Waals surface area contributed by atoms with Crippen LogP contribution in [0.3, 0.4) is 0 Å². The van der Waals surface area contributed by atoms with E-state index in [0.717, 1.165) is 5.92 Å². The van der Waals surface area contributed by atoms with E-state index in [-0.39, 0.29) is 6.04 Å². The van der Waals surface area contributed by atoms with E-state index < -0.39 is 0 Å². The van der Waals surface area contributed by atoms with Crippen LogP contribution in [0, 0.1) is 18.8 Å². The predicted molar refractivity (Wildman–Crippen MR) is 73.8 cm³/mol. The van der Waals surface area contributed by atoms with Crippen LogP contribution in [0.2, 0.25) is 0 Å². The second-order valence-corrected chi connectivity index (χ2v) is 5.63. The quantitative estimate of drug-likeness (QED) is 0.828. The number of benzene rings is 1. The molecule has 1 fully saturated rings. The van der Waals surface area contributed by atoms with Crippen molar-refractivity contribution in [3.63, 3.8) is 0 Å². The van der Waals surface area contributed by atoms with Crippen molar-refractivity contribution in [2.45, 2.75) is 52.0 Å². The maximum Gasteiger partial charge on any atom is 0.0323 e. The summed E-state index contributed by atoms with van der Waals surface area (Å²) in [5, 5.41) is 0. The molecule has 0 saturated heterocycles. The van der Waals surface area contributed by atoms with Crippen LogP contribution >= 0.6 is 0 Å². The first-order valence-corrected chi connectivity index (χ1v) is 7.03. The first-order valence-electron chi connectivity index (χ1n) is 7.03. The fourth-order valence-electron chi connectivity index (χ4n) is 3.02. The molecule has 0 amide bonds. The van der Waals surface area contributed by atoms with Crippen molar-refractivity contribution in [1.82, 2.24) is 0 Å². The first kappa shape index (κ1) is 12.6. The van der Waals surface area contributed by atoms with Gasteiger partial charge >= 0.3 is 0 Å². The van der Waals surface area contributed by atoms with Crippen LogP contribution in [-0.2, 0) is 0 Å². The molecule has 1 heteroatoms. The van der Waals surface area contributed by atoms with Crippen LogP contribution in [0.15, 0.2) is 24.3 Å². The zero-order chi connectivity index (χ0) is 12.3.